The Morgan fingerprint density at radius 3 is 2.88 bits per heavy atom. The number of nitrogens with one attached hydrogen (secondary N) is 1. The molecule has 90 valence electrons. The van der Waals surface area contributed by atoms with Crippen LogP contribution in [0.3, 0.4) is 0 Å². The monoisotopic (exact) mass is 232 g/mol. The minimum atomic E-state index is -0.484. The number of hydrogen-bond acceptors (Lipinski definition) is 3. The third-order valence-electron chi connectivity index (χ3n) is 2.28. The van der Waals surface area contributed by atoms with Crippen molar-refractivity contribution in [2.75, 3.05) is 5.32 Å². The highest BCUT2D eigenvalue weighted by Gasteiger charge is 2.16. The summed E-state index contributed by atoms with van der Waals surface area (Å²) >= 11 is 0. The van der Waals surface area contributed by atoms with Gasteiger partial charge in [-0.1, -0.05) is 6.07 Å². The zero-order chi connectivity index (χ0) is 12.5. The quantitative estimate of drug-likeness (QED) is 0.809. The highest BCUT2D eigenvalue weighted by atomic mass is 16.6. The molecule has 0 radical (unpaired) electrons. The van der Waals surface area contributed by atoms with E-state index >= 15 is 0 Å². The molecule has 1 heterocycles. The Morgan fingerprint density at radius 1 is 1.41 bits per heavy atom. The van der Waals surface area contributed by atoms with Gasteiger partial charge in [0.15, 0.2) is 0 Å². The summed E-state index contributed by atoms with van der Waals surface area (Å²) in [6.45, 7) is 6.23. The van der Waals surface area contributed by atoms with Gasteiger partial charge in [-0.3, -0.25) is 10.3 Å². The van der Waals surface area contributed by atoms with Crippen molar-refractivity contribution in [3.63, 3.8) is 0 Å². The Balaban J connectivity index is 2.04. The molecule has 0 saturated heterocycles. The first-order valence-corrected chi connectivity index (χ1v) is 5.57. The first kappa shape index (κ1) is 11.6. The molecule has 2 rings (SSSR count). The smallest absolute Gasteiger partial charge is 0.412 e. The molecule has 0 fully saturated rings. The number of benzene rings is 1. The van der Waals surface area contributed by atoms with E-state index in [9.17, 15) is 4.79 Å². The predicted molar refractivity (Wildman–Crippen MR) is 67.6 cm³/mol. The molecule has 1 aromatic carbocycles. The van der Waals surface area contributed by atoms with Gasteiger partial charge in [-0.25, -0.2) is 4.79 Å². The predicted octanol–water partition coefficient (Wildman–Crippen LogP) is 2.97. The number of fused-ring (bicyclic) bond motifs is 1. The lowest BCUT2D eigenvalue weighted by atomic mass is 10.1. The molecule has 1 aromatic rings. The molecule has 1 amide bonds. The van der Waals surface area contributed by atoms with Crippen LogP contribution in [0.4, 0.5) is 10.5 Å². The van der Waals surface area contributed by atoms with Crippen LogP contribution < -0.4 is 5.32 Å². The van der Waals surface area contributed by atoms with Crippen molar-refractivity contribution in [1.82, 2.24) is 0 Å². The average Bonchev–Trinajstić information content (AvgIpc) is 2.61. The lowest BCUT2D eigenvalue weighted by molar-refractivity contribution is 0.0636. The molecule has 0 atom stereocenters. The molecule has 17 heavy (non-hydrogen) atoms. The standard InChI is InChI=1S/C13H16N2O2/c1-13(2,3)17-12(16)15-11-5-4-9-7-14-8-10(9)6-11/h4-6,8H,7H2,1-3H3,(H,15,16). The zero-order valence-electron chi connectivity index (χ0n) is 10.3. The summed E-state index contributed by atoms with van der Waals surface area (Å²) in [4.78, 5) is 15.7. The number of amides is 1. The van der Waals surface area contributed by atoms with Crippen LogP contribution in [-0.4, -0.2) is 17.9 Å². The van der Waals surface area contributed by atoms with Crippen LogP contribution in [0.15, 0.2) is 23.2 Å². The van der Waals surface area contributed by atoms with Gasteiger partial charge in [-0.2, -0.15) is 0 Å². The number of rotatable bonds is 1. The first-order chi connectivity index (χ1) is 7.94. The fourth-order valence-electron chi connectivity index (χ4n) is 1.60. The lowest BCUT2D eigenvalue weighted by Gasteiger charge is -2.19. The van der Waals surface area contributed by atoms with Crippen molar-refractivity contribution in [3.05, 3.63) is 29.3 Å². The fraction of sp³-hybridized carbons (Fsp3) is 0.385. The summed E-state index contributed by atoms with van der Waals surface area (Å²) < 4.78 is 5.18. The van der Waals surface area contributed by atoms with E-state index in [4.69, 9.17) is 4.74 Å². The van der Waals surface area contributed by atoms with Crippen molar-refractivity contribution in [3.8, 4) is 0 Å². The van der Waals surface area contributed by atoms with Crippen molar-refractivity contribution in [1.29, 1.82) is 0 Å². The van der Waals surface area contributed by atoms with E-state index in [0.717, 1.165) is 17.8 Å². The summed E-state index contributed by atoms with van der Waals surface area (Å²) in [5.41, 5.74) is 2.48. The molecule has 0 spiro atoms. The number of nitrogens with zero attached hydrogens (tertiary/aromatic N) is 1. The van der Waals surface area contributed by atoms with Gasteiger partial charge < -0.3 is 4.74 Å². The van der Waals surface area contributed by atoms with E-state index in [0.29, 0.717) is 0 Å². The van der Waals surface area contributed by atoms with E-state index in [-0.39, 0.29) is 0 Å². The summed E-state index contributed by atoms with van der Waals surface area (Å²) in [7, 11) is 0. The van der Waals surface area contributed by atoms with Crippen molar-refractivity contribution in [2.45, 2.75) is 32.9 Å². The molecule has 0 unspecified atom stereocenters. The van der Waals surface area contributed by atoms with Crippen LogP contribution in [0.2, 0.25) is 0 Å². The largest absolute Gasteiger partial charge is 0.444 e. The van der Waals surface area contributed by atoms with Crippen LogP contribution in [0.1, 0.15) is 31.9 Å². The number of anilines is 1. The normalized spacial score (nSPS) is 13.4. The average molecular weight is 232 g/mol. The minimum Gasteiger partial charge on any atom is -0.444 e. The molecular weight excluding hydrogens is 216 g/mol. The third kappa shape index (κ3) is 3.06. The summed E-state index contributed by atoms with van der Waals surface area (Å²) in [5.74, 6) is 0. The maximum atomic E-state index is 11.6. The molecule has 0 aliphatic carbocycles. The number of carbonyl (C=O) groups is 1. The summed E-state index contributed by atoms with van der Waals surface area (Å²) in [6, 6.07) is 5.72. The number of aliphatic imine (C=N–C) groups is 1. The van der Waals surface area contributed by atoms with E-state index in [1.807, 2.05) is 45.2 Å². The Kier molecular flexibility index (Phi) is 2.88. The van der Waals surface area contributed by atoms with E-state index in [2.05, 4.69) is 10.3 Å². The van der Waals surface area contributed by atoms with Crippen LogP contribution >= 0.6 is 0 Å². The molecule has 0 bridgehead atoms. The van der Waals surface area contributed by atoms with E-state index < -0.39 is 11.7 Å². The molecule has 1 aliphatic rings. The van der Waals surface area contributed by atoms with Gasteiger partial charge >= 0.3 is 6.09 Å². The van der Waals surface area contributed by atoms with Crippen LogP contribution in [-0.2, 0) is 11.3 Å². The van der Waals surface area contributed by atoms with Gasteiger partial charge in [0, 0.05) is 11.9 Å². The van der Waals surface area contributed by atoms with Gasteiger partial charge in [0.1, 0.15) is 5.60 Å². The first-order valence-electron chi connectivity index (χ1n) is 5.57. The van der Waals surface area contributed by atoms with Gasteiger partial charge in [0.05, 0.1) is 6.54 Å². The van der Waals surface area contributed by atoms with Crippen molar-refractivity contribution >= 4 is 18.0 Å². The van der Waals surface area contributed by atoms with Crippen molar-refractivity contribution in [2.24, 2.45) is 4.99 Å². The molecule has 0 saturated carbocycles. The number of carbonyl (C=O) groups excluding carboxylic acids is 1. The SMILES string of the molecule is CC(C)(C)OC(=O)Nc1ccc2c(c1)C=NC2. The maximum absolute atomic E-state index is 11.6. The van der Waals surface area contributed by atoms with Crippen LogP contribution in [0.25, 0.3) is 0 Å². The summed E-state index contributed by atoms with van der Waals surface area (Å²) in [6.07, 6.45) is 1.38. The topological polar surface area (TPSA) is 50.7 Å². The van der Waals surface area contributed by atoms with Gasteiger partial charge in [-0.15, -0.1) is 0 Å². The van der Waals surface area contributed by atoms with E-state index in [1.165, 1.54) is 5.56 Å². The van der Waals surface area contributed by atoms with Crippen LogP contribution in [0, 0.1) is 0 Å². The Labute approximate surface area is 101 Å². The molecule has 0 aromatic heterocycles. The highest BCUT2D eigenvalue weighted by molar-refractivity contribution is 5.90. The minimum absolute atomic E-state index is 0.438. The van der Waals surface area contributed by atoms with Crippen LogP contribution in [0.5, 0.6) is 0 Å². The lowest BCUT2D eigenvalue weighted by Crippen LogP contribution is -2.27. The maximum Gasteiger partial charge on any atom is 0.412 e. The second-order valence-corrected chi connectivity index (χ2v) is 5.01. The second kappa shape index (κ2) is 4.20. The van der Waals surface area contributed by atoms with E-state index in [1.54, 1.807) is 0 Å². The molecule has 4 heteroatoms. The Morgan fingerprint density at radius 2 is 2.18 bits per heavy atom. The molecule has 1 N–H and O–H groups in total. The molecule has 1 aliphatic heterocycles. The number of hydrogen-bond donors (Lipinski definition) is 1. The molecular formula is C13H16N2O2. The number of ether oxygens (including phenoxy) is 1. The van der Waals surface area contributed by atoms with Crippen molar-refractivity contribution < 1.29 is 9.53 Å². The Bertz CT molecular complexity index is 473. The fourth-order valence-corrected chi connectivity index (χ4v) is 1.60. The van der Waals surface area contributed by atoms with Gasteiger partial charge in [0.25, 0.3) is 0 Å². The second-order valence-electron chi connectivity index (χ2n) is 5.01. The van der Waals surface area contributed by atoms with Gasteiger partial charge in [0.2, 0.25) is 0 Å². The Hall–Kier alpha value is -1.84. The third-order valence-corrected chi connectivity index (χ3v) is 2.28. The summed E-state index contributed by atoms with van der Waals surface area (Å²) in [5, 5.41) is 2.71. The highest BCUT2D eigenvalue weighted by Crippen LogP contribution is 2.19. The molecule has 4 nitrogen and oxygen atoms in total. The zero-order valence-corrected chi connectivity index (χ0v) is 10.3. The van der Waals surface area contributed by atoms with Gasteiger partial charge in [-0.05, 0) is 44.0 Å².